The number of imidazole rings is 1. The average Bonchev–Trinajstić information content (AvgIpc) is 3.91. The first-order valence-electron chi connectivity index (χ1n) is 16.4. The molecule has 5 heterocycles. The summed E-state index contributed by atoms with van der Waals surface area (Å²) in [5.41, 5.74) is 5.60. The predicted molar refractivity (Wildman–Crippen MR) is 179 cm³/mol. The number of fused-ring (bicyclic) bond motifs is 1. The minimum absolute atomic E-state index is 0.0623. The molecule has 2 fully saturated rings. The van der Waals surface area contributed by atoms with Crippen molar-refractivity contribution >= 4 is 44.4 Å². The van der Waals surface area contributed by atoms with Crippen LogP contribution in [0.2, 0.25) is 0 Å². The minimum atomic E-state index is -5.43. The lowest BCUT2D eigenvalue weighted by Gasteiger charge is -2.20. The summed E-state index contributed by atoms with van der Waals surface area (Å²) in [5.74, 6) is -0.679. The van der Waals surface area contributed by atoms with Crippen LogP contribution in [0.15, 0.2) is 61.5 Å². The molecule has 2 saturated heterocycles. The first kappa shape index (κ1) is 39.8. The molecule has 3 aromatic rings. The van der Waals surface area contributed by atoms with Crippen LogP contribution in [-0.4, -0.2) is 111 Å². The van der Waals surface area contributed by atoms with Crippen LogP contribution in [-0.2, 0) is 36.8 Å². The molecule has 2 aliphatic heterocycles. The van der Waals surface area contributed by atoms with Gasteiger partial charge in [-0.2, -0.15) is 8.88 Å². The van der Waals surface area contributed by atoms with Gasteiger partial charge >= 0.3 is 15.6 Å². The maximum atomic E-state index is 12.6. The Balaban J connectivity index is 1.01. The Bertz CT molecular complexity index is 2000. The Kier molecular flexibility index (Phi) is 12.1. The summed E-state index contributed by atoms with van der Waals surface area (Å²) < 4.78 is 52.7. The Morgan fingerprint density at radius 1 is 0.944 bits per heavy atom. The van der Waals surface area contributed by atoms with Gasteiger partial charge in [0.05, 0.1) is 19.5 Å². The quantitative estimate of drug-likeness (QED) is 0.0653. The van der Waals surface area contributed by atoms with E-state index in [2.05, 4.69) is 24.6 Å². The molecule has 292 valence electrons. The lowest BCUT2D eigenvalue weighted by atomic mass is 10.0. The van der Waals surface area contributed by atoms with Crippen molar-refractivity contribution in [2.45, 2.75) is 68.3 Å². The number of rotatable bonds is 16. The molecule has 2 amide bonds. The standard InChI is InChI=1S/C30H37N7O15P2/c31-26(43)17-8-4-10-36(11-17)29-24(41)22(39)18(50-29)12-48-53(44,45)52-54(46,47)49-13-19-23(40)25(42)30(51-19)37-15-34-21-27(32-14-33-28(21)37)35-20(38)9-3-7-16-5-1-2-6-16/h1-2,4-6,8,10-11,14-16,18-19,22-25,29-30,39-42H,3,7,9,12-13H2,(H4-,31,32,33,35,38,43,44,45,46,47)/p+1/t18-,19-,22-,23-,24-,25-,29-,30-/m1/s1. The molecular formula is C30H38N7O15P2+. The van der Waals surface area contributed by atoms with Crippen LogP contribution >= 0.6 is 15.6 Å². The van der Waals surface area contributed by atoms with Gasteiger partial charge in [0.15, 0.2) is 41.7 Å². The number of aliphatic hydroxyl groups is 4. The fourth-order valence-electron chi connectivity index (χ4n) is 6.01. The molecule has 54 heavy (non-hydrogen) atoms. The minimum Gasteiger partial charge on any atom is -0.387 e. The predicted octanol–water partition coefficient (Wildman–Crippen LogP) is -0.747. The van der Waals surface area contributed by atoms with Crippen molar-refractivity contribution in [1.82, 2.24) is 19.5 Å². The van der Waals surface area contributed by atoms with Gasteiger partial charge in [-0.1, -0.05) is 24.3 Å². The first-order chi connectivity index (χ1) is 25.6. The zero-order valence-electron chi connectivity index (χ0n) is 28.1. The number of hydrogen-bond acceptors (Lipinski definition) is 16. The number of phosphoric acid groups is 2. The number of carbonyl (C=O) groups is 2. The molecule has 2 unspecified atom stereocenters. The molecule has 22 nitrogen and oxygen atoms in total. The average molecular weight is 799 g/mol. The number of nitrogens with one attached hydrogen (secondary N) is 1. The number of amides is 2. The van der Waals surface area contributed by atoms with Crippen LogP contribution in [0.3, 0.4) is 0 Å². The van der Waals surface area contributed by atoms with Crippen molar-refractivity contribution in [3.8, 4) is 0 Å². The molecule has 9 N–H and O–H groups in total. The highest BCUT2D eigenvalue weighted by Gasteiger charge is 2.50. The molecule has 0 bridgehead atoms. The first-order valence-corrected chi connectivity index (χ1v) is 19.4. The topological polar surface area (TPSA) is 321 Å². The third kappa shape index (κ3) is 9.15. The Labute approximate surface area is 305 Å². The van der Waals surface area contributed by atoms with Gasteiger partial charge in [0.25, 0.3) is 12.1 Å². The zero-order valence-corrected chi connectivity index (χ0v) is 29.9. The number of phosphoric ester groups is 2. The number of nitrogens with two attached hydrogens (primary N) is 1. The Morgan fingerprint density at radius 3 is 2.30 bits per heavy atom. The number of anilines is 1. The van der Waals surface area contributed by atoms with E-state index in [0.29, 0.717) is 6.42 Å². The van der Waals surface area contributed by atoms with Crippen molar-refractivity contribution in [3.63, 3.8) is 0 Å². The van der Waals surface area contributed by atoms with E-state index in [1.54, 1.807) is 0 Å². The smallest absolute Gasteiger partial charge is 0.387 e. The highest BCUT2D eigenvalue weighted by molar-refractivity contribution is 7.61. The number of pyridine rings is 1. The molecule has 1 aliphatic carbocycles. The lowest BCUT2D eigenvalue weighted by Crippen LogP contribution is -2.46. The van der Waals surface area contributed by atoms with E-state index in [1.165, 1.54) is 40.0 Å². The van der Waals surface area contributed by atoms with Crippen molar-refractivity contribution in [2.24, 2.45) is 11.7 Å². The molecule has 3 aliphatic rings. The monoisotopic (exact) mass is 798 g/mol. The largest absolute Gasteiger partial charge is 0.481 e. The van der Waals surface area contributed by atoms with Gasteiger partial charge in [0.2, 0.25) is 5.91 Å². The van der Waals surface area contributed by atoms with Crippen LogP contribution in [0.5, 0.6) is 0 Å². The van der Waals surface area contributed by atoms with E-state index in [0.717, 1.165) is 12.7 Å². The summed E-state index contributed by atoms with van der Waals surface area (Å²) in [7, 11) is -10.8. The second kappa shape index (κ2) is 16.5. The zero-order chi connectivity index (χ0) is 38.8. The lowest BCUT2D eigenvalue weighted by molar-refractivity contribution is -0.765. The van der Waals surface area contributed by atoms with Gasteiger partial charge in [0.1, 0.15) is 42.4 Å². The van der Waals surface area contributed by atoms with E-state index in [4.69, 9.17) is 24.3 Å². The molecule has 10 atom stereocenters. The number of carbonyl (C=O) groups excluding carboxylic acids is 2. The Hall–Kier alpha value is -3.86. The fourth-order valence-corrected chi connectivity index (χ4v) is 8.10. The molecule has 0 saturated carbocycles. The second-order valence-electron chi connectivity index (χ2n) is 12.5. The van der Waals surface area contributed by atoms with Crippen molar-refractivity contribution in [1.29, 1.82) is 0 Å². The number of aliphatic hydroxyl groups excluding tert-OH is 4. The van der Waals surface area contributed by atoms with Gasteiger partial charge in [-0.3, -0.25) is 23.2 Å². The number of aromatic nitrogens is 5. The molecule has 0 aromatic carbocycles. The molecule has 3 aromatic heterocycles. The maximum Gasteiger partial charge on any atom is 0.481 e. The number of hydrogen-bond donors (Lipinski definition) is 8. The van der Waals surface area contributed by atoms with Crippen LogP contribution in [0.4, 0.5) is 5.82 Å². The maximum absolute atomic E-state index is 12.6. The summed E-state index contributed by atoms with van der Waals surface area (Å²) in [6, 6.07) is 2.83. The number of ether oxygens (including phenoxy) is 2. The summed E-state index contributed by atoms with van der Waals surface area (Å²) in [5, 5.41) is 45.0. The van der Waals surface area contributed by atoms with Gasteiger partial charge in [0, 0.05) is 12.5 Å². The van der Waals surface area contributed by atoms with Crippen LogP contribution in [0, 0.1) is 5.92 Å². The van der Waals surface area contributed by atoms with Crippen molar-refractivity contribution in [2.75, 3.05) is 18.5 Å². The second-order valence-corrected chi connectivity index (χ2v) is 15.6. The van der Waals surface area contributed by atoms with Crippen molar-refractivity contribution in [3.05, 3.63) is 67.0 Å². The Morgan fingerprint density at radius 2 is 1.61 bits per heavy atom. The molecule has 6 rings (SSSR count). The van der Waals surface area contributed by atoms with E-state index < -0.39 is 83.8 Å². The summed E-state index contributed by atoms with van der Waals surface area (Å²) in [6.45, 7) is -1.85. The number of allylic oxidation sites excluding steroid dienone is 4. The molecular weight excluding hydrogens is 760 g/mol. The highest BCUT2D eigenvalue weighted by atomic mass is 31.3. The van der Waals surface area contributed by atoms with E-state index in [9.17, 15) is 48.9 Å². The highest BCUT2D eigenvalue weighted by Crippen LogP contribution is 2.60. The van der Waals surface area contributed by atoms with Gasteiger partial charge in [-0.25, -0.2) is 24.1 Å². The fraction of sp³-hybridized carbons (Fsp3) is 0.467. The van der Waals surface area contributed by atoms with Gasteiger partial charge in [-0.05, 0) is 24.8 Å². The summed E-state index contributed by atoms with van der Waals surface area (Å²) >= 11 is 0. The van der Waals surface area contributed by atoms with Crippen LogP contribution in [0.25, 0.3) is 11.2 Å². The third-order valence-electron chi connectivity index (χ3n) is 8.74. The third-order valence-corrected chi connectivity index (χ3v) is 11.3. The van der Waals surface area contributed by atoms with Crippen LogP contribution < -0.4 is 15.6 Å². The normalized spacial score (nSPS) is 29.1. The van der Waals surface area contributed by atoms with Crippen molar-refractivity contribution < 1.29 is 76.3 Å². The van der Waals surface area contributed by atoms with Crippen LogP contribution in [0.1, 0.15) is 42.1 Å². The van der Waals surface area contributed by atoms with Gasteiger partial charge < -0.3 is 50.7 Å². The molecule has 0 radical (unpaired) electrons. The SMILES string of the molecule is NC(=O)c1ccc[n+]([C@@H]2O[C@H](COP(=O)(O)OP(=O)(O)OC[C@H]3O[C@@H](n4cnc5c(NC(=O)CCCC6C=CC=C6)ncnc54)[C@H](O)[C@@H]3O)[C@@H](O)[C@H]2O)c1. The van der Waals surface area contributed by atoms with Gasteiger partial charge in [-0.15, -0.1) is 0 Å². The van der Waals surface area contributed by atoms with E-state index in [-0.39, 0.29) is 40.8 Å². The molecule has 0 spiro atoms. The number of primary amides is 1. The molecule has 24 heteroatoms. The number of nitrogens with zero attached hydrogens (tertiary/aromatic N) is 5. The van der Waals surface area contributed by atoms with E-state index in [1.807, 2.05) is 24.3 Å². The summed E-state index contributed by atoms with van der Waals surface area (Å²) in [4.78, 5) is 56.9. The van der Waals surface area contributed by atoms with E-state index >= 15 is 0 Å². The summed E-state index contributed by atoms with van der Waals surface area (Å²) in [6.07, 6.45) is 2.50.